The summed E-state index contributed by atoms with van der Waals surface area (Å²) in [5, 5.41) is 8.18. The summed E-state index contributed by atoms with van der Waals surface area (Å²) in [5.41, 5.74) is 0. The van der Waals surface area contributed by atoms with Gasteiger partial charge in [-0.15, -0.1) is 0 Å². The van der Waals surface area contributed by atoms with E-state index in [1.165, 1.54) is 25.5 Å². The third-order valence-electron chi connectivity index (χ3n) is 1.65. The fourth-order valence-electron chi connectivity index (χ4n) is 0.908. The van der Waals surface area contributed by atoms with Crippen molar-refractivity contribution >= 4 is 18.4 Å². The van der Waals surface area contributed by atoms with E-state index in [1.54, 1.807) is 12.1 Å². The summed E-state index contributed by atoms with van der Waals surface area (Å²) in [6, 6.07) is 6.06. The summed E-state index contributed by atoms with van der Waals surface area (Å²) in [6.45, 7) is 0. The van der Waals surface area contributed by atoms with Gasteiger partial charge in [-0.1, -0.05) is 7.43 Å². The lowest BCUT2D eigenvalue weighted by molar-refractivity contribution is -0.191. The third-order valence-corrected chi connectivity index (χ3v) is 1.65. The van der Waals surface area contributed by atoms with Crippen LogP contribution in [0.2, 0.25) is 0 Å². The maximum atomic E-state index is 9.99. The number of carboxylic acids is 1. The van der Waals surface area contributed by atoms with Crippen molar-refractivity contribution in [2.75, 3.05) is 7.11 Å². The highest BCUT2D eigenvalue weighted by atomic mass is 19.0. The molecule has 0 radical (unpaired) electrons. The predicted octanol–water partition coefficient (Wildman–Crippen LogP) is 2.44. The number of aromatic carboxylic acids is 1. The summed E-state index contributed by atoms with van der Waals surface area (Å²) >= 11 is 0. The fourth-order valence-corrected chi connectivity index (χ4v) is 0.908. The average molecular weight is 339 g/mol. The molecule has 2 rings (SSSR count). The number of aldehydes is 1. The highest BCUT2D eigenvalue weighted by Crippen LogP contribution is 2.12. The normalized spacial score (nSPS) is 7.30. The number of carbonyl (C=O) groups is 2. The molecule has 1 N–H and O–H groups in total. The molecule has 0 amide bonds. The molecule has 0 bridgehead atoms. The molecule has 0 atom stereocenters. The number of hydrogen-bond acceptors (Lipinski definition) is 7. The quantitative estimate of drug-likeness (QED) is 0.845. The van der Waals surface area contributed by atoms with Crippen LogP contribution in [0, 0.1) is 0 Å². The number of halogens is 2. The Hall–Kier alpha value is -3.26. The Morgan fingerprint density at radius 2 is 1.91 bits per heavy atom. The number of furan rings is 2. The van der Waals surface area contributed by atoms with E-state index in [1.807, 2.05) is 0 Å². The summed E-state index contributed by atoms with van der Waals surface area (Å²) < 4.78 is 27.0. The van der Waals surface area contributed by atoms with Gasteiger partial charge in [0.2, 0.25) is 5.76 Å². The van der Waals surface area contributed by atoms with Crippen LogP contribution < -0.4 is 4.74 Å². The van der Waals surface area contributed by atoms with Crippen molar-refractivity contribution in [2.24, 2.45) is 0 Å². The van der Waals surface area contributed by atoms with E-state index in [2.05, 4.69) is 10.6 Å². The zero-order valence-corrected chi connectivity index (χ0v) is 11.1. The van der Waals surface area contributed by atoms with Gasteiger partial charge in [-0.05, 0) is 18.2 Å². The lowest BCUT2D eigenvalue weighted by Crippen LogP contribution is -1.90. The van der Waals surface area contributed by atoms with E-state index >= 15 is 0 Å². The number of ether oxygens (including phenoxy) is 1. The number of carbonyl (C=O) groups excluding carboxylic acids is 3. The van der Waals surface area contributed by atoms with Crippen molar-refractivity contribution in [3.63, 3.8) is 0 Å². The van der Waals surface area contributed by atoms with Crippen LogP contribution in [0.25, 0.3) is 0 Å². The summed E-state index contributed by atoms with van der Waals surface area (Å²) in [4.78, 5) is 36.2. The van der Waals surface area contributed by atoms with Gasteiger partial charge in [0.15, 0.2) is 12.0 Å². The molecule has 130 valence electrons. The highest BCUT2D eigenvalue weighted by molar-refractivity contribution is 5.84. The minimum absolute atomic E-state index is 0. The van der Waals surface area contributed by atoms with Gasteiger partial charge in [-0.25, -0.2) is 4.79 Å². The second kappa shape index (κ2) is 16.8. The fraction of sp³-hybridized carbons (Fsp3) is 0.154. The van der Waals surface area contributed by atoms with E-state index in [-0.39, 0.29) is 29.8 Å². The second-order valence-electron chi connectivity index (χ2n) is 2.84. The van der Waals surface area contributed by atoms with Crippen LogP contribution in [0.15, 0.2) is 39.4 Å². The molecule has 2 aromatic heterocycles. The Morgan fingerprint density at radius 3 is 2.13 bits per heavy atom. The van der Waals surface area contributed by atoms with Crippen LogP contribution in [-0.4, -0.2) is 32.1 Å². The highest BCUT2D eigenvalue weighted by Gasteiger charge is 2.01. The van der Waals surface area contributed by atoms with Gasteiger partial charge in [0.25, 0.3) is 7.40 Å². The molecule has 0 aromatic carbocycles. The lowest BCUT2D eigenvalue weighted by atomic mass is 10.5. The zero-order chi connectivity index (χ0) is 17.4. The Kier molecular flexibility index (Phi) is 18.1. The third kappa shape index (κ3) is 12.2. The number of methoxy groups -OCH3 is 1. The monoisotopic (exact) mass is 339 g/mol. The van der Waals surface area contributed by atoms with Gasteiger partial charge in [0.1, 0.15) is 0 Å². The van der Waals surface area contributed by atoms with Gasteiger partial charge in [-0.2, -0.15) is 9.59 Å². The average Bonchev–Trinajstić information content (AvgIpc) is 3.22. The van der Waals surface area contributed by atoms with Crippen molar-refractivity contribution in [3.05, 3.63) is 42.0 Å². The molecule has 0 fully saturated rings. The van der Waals surface area contributed by atoms with Crippen LogP contribution in [-0.2, 0) is 9.59 Å². The first kappa shape index (κ1) is 24.7. The molecule has 10 heteroatoms. The smallest absolute Gasteiger partial charge is 0.373 e. The maximum Gasteiger partial charge on any atom is 0.373 e. The van der Waals surface area contributed by atoms with Crippen molar-refractivity contribution in [1.82, 2.24) is 0 Å². The molecule has 0 aliphatic rings. The summed E-state index contributed by atoms with van der Waals surface area (Å²) in [7, 11) is 1.48. The van der Waals surface area contributed by atoms with Gasteiger partial charge < -0.3 is 18.7 Å². The van der Waals surface area contributed by atoms with Gasteiger partial charge >= 0.3 is 12.1 Å². The Labute approximate surface area is 130 Å². The number of rotatable bonds is 3. The van der Waals surface area contributed by atoms with Crippen molar-refractivity contribution in [1.29, 1.82) is 1.45 Å². The lowest BCUT2D eigenvalue weighted by Gasteiger charge is -1.87. The van der Waals surface area contributed by atoms with Gasteiger partial charge in [0, 0.05) is 6.07 Å². The van der Waals surface area contributed by atoms with E-state index in [0.717, 1.165) is 0 Å². The topological polar surface area (TPSA) is 124 Å². The van der Waals surface area contributed by atoms with Crippen molar-refractivity contribution in [3.8, 4) is 5.95 Å². The number of hydrogen-bond donors (Lipinski definition) is 1. The minimum atomic E-state index is -1.03. The summed E-state index contributed by atoms with van der Waals surface area (Å²) in [6.07, 6.45) is 2.20. The van der Waals surface area contributed by atoms with Gasteiger partial charge in [0.05, 0.1) is 13.4 Å². The van der Waals surface area contributed by atoms with Crippen molar-refractivity contribution < 1.29 is 47.3 Å². The largest absolute Gasteiger partial charge is 0.475 e. The first-order chi connectivity index (χ1) is 10.6. The molecule has 0 unspecified atom stereocenters. The number of carboxylic acid groups (broad SMARTS) is 1. The second-order valence-corrected chi connectivity index (χ2v) is 2.84. The Morgan fingerprint density at radius 1 is 1.35 bits per heavy atom. The summed E-state index contributed by atoms with van der Waals surface area (Å²) in [5.74, 6) is -0.413. The van der Waals surface area contributed by atoms with Gasteiger partial charge in [-0.3, -0.25) is 14.2 Å². The standard InChI is InChI=1S/C6H6O3.C5H4O3.CO2.CH4.2FH/c1-8-6-3-2-5(4-7)9-6;6-5(7)4-2-1-3-8-4;2-1-3;;;/h2-4H,1H3;1-3H,(H,6,7);;1H4;2*1H/i/hD. The molecule has 0 aliphatic heterocycles. The first-order valence-corrected chi connectivity index (χ1v) is 4.94. The van der Waals surface area contributed by atoms with E-state index in [0.29, 0.717) is 12.2 Å². The van der Waals surface area contributed by atoms with E-state index in [9.17, 15) is 9.59 Å². The Bertz CT molecular complexity index is 562. The predicted molar refractivity (Wildman–Crippen MR) is 73.1 cm³/mol. The molecular formula is C13H16F2O8. The molecule has 0 aliphatic carbocycles. The maximum absolute atomic E-state index is 9.99. The minimum Gasteiger partial charge on any atom is -0.475 e. The van der Waals surface area contributed by atoms with Crippen LogP contribution in [0.1, 0.15) is 28.5 Å². The zero-order valence-electron chi connectivity index (χ0n) is 12.1. The molecule has 0 saturated carbocycles. The molecular weight excluding hydrogens is 322 g/mol. The molecule has 8 nitrogen and oxygen atoms in total. The van der Waals surface area contributed by atoms with Crippen molar-refractivity contribution in [2.45, 2.75) is 7.43 Å². The molecule has 2 heterocycles. The molecule has 2 aromatic rings. The SMILES string of the molecule is C.COc1ccc(C=O)o1.F.O=C(O)c1ccco1.O=C=O.[2H]F. The Balaban J connectivity index is -0.000000124. The van der Waals surface area contributed by atoms with Crippen LogP contribution in [0.5, 0.6) is 5.95 Å². The molecule has 0 saturated heterocycles. The molecule has 23 heavy (non-hydrogen) atoms. The van der Waals surface area contributed by atoms with Crippen LogP contribution >= 0.6 is 0 Å². The van der Waals surface area contributed by atoms with Crippen LogP contribution in [0.3, 0.4) is 0 Å². The first-order valence-electron chi connectivity index (χ1n) is 5.31. The van der Waals surface area contributed by atoms with Crippen LogP contribution in [0.4, 0.5) is 9.42 Å². The van der Waals surface area contributed by atoms with E-state index < -0.39 is 5.97 Å². The van der Waals surface area contributed by atoms with E-state index in [4.69, 9.17) is 23.8 Å². The molecule has 0 spiro atoms.